The van der Waals surface area contributed by atoms with Gasteiger partial charge < -0.3 is 4.57 Å². The minimum atomic E-state index is -2.58. The summed E-state index contributed by atoms with van der Waals surface area (Å²) in [5.41, 5.74) is 6.53. The van der Waals surface area contributed by atoms with Gasteiger partial charge in [-0.25, -0.2) is 4.85 Å². The van der Waals surface area contributed by atoms with Gasteiger partial charge in [0.25, 0.3) is 0 Å². The smallest absolute Gasteiger partial charge is 0.188 e. The molecule has 0 amide bonds. The molecule has 1 heterocycles. The van der Waals surface area contributed by atoms with Crippen molar-refractivity contribution >= 4 is 56.3 Å². The standard InChI is InChI=1S/C44H29N3Si/c1-46-35-22-28-44-42(30-35)41-29-32(31-45)17-27-43(41)47(44)36-23-18-33(19-24-36)34-20-25-40(26-21-34)48(37-11-5-2-6-12-37,38-13-7-3-8-14-38)39-15-9-4-10-16-39/h2-30H. The lowest BCUT2D eigenvalue weighted by molar-refractivity contribution is 1.18. The molecule has 48 heavy (non-hydrogen) atoms. The predicted molar refractivity (Wildman–Crippen MR) is 201 cm³/mol. The highest BCUT2D eigenvalue weighted by atomic mass is 28.3. The largest absolute Gasteiger partial charge is 0.309 e. The molecule has 0 spiro atoms. The van der Waals surface area contributed by atoms with E-state index in [0.29, 0.717) is 11.3 Å². The van der Waals surface area contributed by atoms with Crippen LogP contribution >= 0.6 is 0 Å². The van der Waals surface area contributed by atoms with Crippen LogP contribution in [0.15, 0.2) is 176 Å². The Balaban J connectivity index is 1.23. The van der Waals surface area contributed by atoms with Crippen LogP contribution in [0.1, 0.15) is 5.56 Å². The maximum atomic E-state index is 9.56. The zero-order chi connectivity index (χ0) is 32.5. The van der Waals surface area contributed by atoms with E-state index in [4.69, 9.17) is 6.57 Å². The topological polar surface area (TPSA) is 33.1 Å². The van der Waals surface area contributed by atoms with Crippen molar-refractivity contribution in [2.24, 2.45) is 0 Å². The van der Waals surface area contributed by atoms with Crippen LogP contribution in [0.5, 0.6) is 0 Å². The molecule has 4 heteroatoms. The number of rotatable bonds is 6. The number of hydrogen-bond acceptors (Lipinski definition) is 1. The summed E-state index contributed by atoms with van der Waals surface area (Å²) in [6, 6.07) is 64.6. The molecule has 0 radical (unpaired) electrons. The fraction of sp³-hybridized carbons (Fsp3) is 0. The Morgan fingerprint density at radius 1 is 0.500 bits per heavy atom. The average Bonchev–Trinajstić information content (AvgIpc) is 3.49. The number of nitriles is 1. The third kappa shape index (κ3) is 4.72. The van der Waals surface area contributed by atoms with E-state index in [2.05, 4.69) is 155 Å². The molecule has 0 atom stereocenters. The summed E-state index contributed by atoms with van der Waals surface area (Å²) >= 11 is 0. The number of nitrogens with zero attached hydrogens (tertiary/aromatic N) is 3. The molecular formula is C44H29N3Si. The first-order chi connectivity index (χ1) is 23.7. The monoisotopic (exact) mass is 627 g/mol. The van der Waals surface area contributed by atoms with Crippen LogP contribution in [0.3, 0.4) is 0 Å². The predicted octanol–water partition coefficient (Wildman–Crippen LogP) is 8.25. The van der Waals surface area contributed by atoms with Crippen molar-refractivity contribution in [3.8, 4) is 22.9 Å². The minimum Gasteiger partial charge on any atom is -0.309 e. The Hall–Kier alpha value is -6.46. The van der Waals surface area contributed by atoms with Crippen molar-refractivity contribution in [3.05, 3.63) is 193 Å². The van der Waals surface area contributed by atoms with Gasteiger partial charge in [0.2, 0.25) is 0 Å². The summed E-state index contributed by atoms with van der Waals surface area (Å²) < 4.78 is 2.21. The quantitative estimate of drug-likeness (QED) is 0.104. The van der Waals surface area contributed by atoms with Crippen LogP contribution in [-0.2, 0) is 0 Å². The van der Waals surface area contributed by atoms with E-state index in [1.165, 1.54) is 20.7 Å². The zero-order valence-electron chi connectivity index (χ0n) is 26.1. The number of benzene rings is 7. The lowest BCUT2D eigenvalue weighted by Crippen LogP contribution is -2.74. The molecule has 0 N–H and O–H groups in total. The van der Waals surface area contributed by atoms with Crippen LogP contribution in [0.25, 0.3) is 43.5 Å². The molecule has 0 fully saturated rings. The minimum absolute atomic E-state index is 0.585. The van der Waals surface area contributed by atoms with Gasteiger partial charge in [-0.1, -0.05) is 133 Å². The Morgan fingerprint density at radius 3 is 1.46 bits per heavy atom. The zero-order valence-corrected chi connectivity index (χ0v) is 27.1. The number of aromatic nitrogens is 1. The highest BCUT2D eigenvalue weighted by Crippen LogP contribution is 2.35. The van der Waals surface area contributed by atoms with Crippen LogP contribution in [0.4, 0.5) is 5.69 Å². The van der Waals surface area contributed by atoms with Gasteiger partial charge in [-0.15, -0.1) is 0 Å². The molecule has 0 saturated heterocycles. The van der Waals surface area contributed by atoms with Crippen molar-refractivity contribution in [1.29, 1.82) is 5.26 Å². The summed E-state index contributed by atoms with van der Waals surface area (Å²) in [5, 5.41) is 16.9. The van der Waals surface area contributed by atoms with Gasteiger partial charge in [0.15, 0.2) is 13.8 Å². The van der Waals surface area contributed by atoms with Crippen LogP contribution in [0, 0.1) is 17.9 Å². The van der Waals surface area contributed by atoms with Crippen molar-refractivity contribution < 1.29 is 0 Å². The molecule has 1 aromatic heterocycles. The lowest BCUT2D eigenvalue weighted by Gasteiger charge is -2.34. The van der Waals surface area contributed by atoms with Crippen LogP contribution in [-0.4, -0.2) is 12.6 Å². The van der Waals surface area contributed by atoms with Gasteiger partial charge >= 0.3 is 0 Å². The summed E-state index contributed by atoms with van der Waals surface area (Å²) in [7, 11) is -2.58. The number of hydrogen-bond donors (Lipinski definition) is 0. The second kappa shape index (κ2) is 12.0. The molecule has 224 valence electrons. The molecule has 0 bridgehead atoms. The van der Waals surface area contributed by atoms with Crippen LogP contribution in [0.2, 0.25) is 0 Å². The molecule has 7 aromatic carbocycles. The van der Waals surface area contributed by atoms with E-state index in [-0.39, 0.29) is 0 Å². The van der Waals surface area contributed by atoms with E-state index in [0.717, 1.165) is 38.6 Å². The van der Waals surface area contributed by atoms with Gasteiger partial charge in [-0.2, -0.15) is 5.26 Å². The molecular weight excluding hydrogens is 599 g/mol. The van der Waals surface area contributed by atoms with Gasteiger partial charge in [0, 0.05) is 11.1 Å². The van der Waals surface area contributed by atoms with Crippen molar-refractivity contribution in [1.82, 2.24) is 4.57 Å². The SMILES string of the molecule is [C-]#[N+]c1ccc2c(c1)c1cc(C#N)ccc1n2-c1ccc(-c2ccc([Si](c3ccccc3)(c3ccccc3)c3ccccc3)cc2)cc1. The Kier molecular flexibility index (Phi) is 7.27. The molecule has 8 aromatic rings. The van der Waals surface area contributed by atoms with Gasteiger partial charge in [-0.3, -0.25) is 0 Å². The third-order valence-corrected chi connectivity index (χ3v) is 14.2. The van der Waals surface area contributed by atoms with Gasteiger partial charge in [0.05, 0.1) is 29.2 Å². The van der Waals surface area contributed by atoms with Gasteiger partial charge in [-0.05, 0) is 79.7 Å². The van der Waals surface area contributed by atoms with E-state index in [1.54, 1.807) is 0 Å². The lowest BCUT2D eigenvalue weighted by atomic mass is 10.1. The summed E-state index contributed by atoms with van der Waals surface area (Å²) in [6.45, 7) is 7.53. The van der Waals surface area contributed by atoms with Crippen molar-refractivity contribution in [2.45, 2.75) is 0 Å². The van der Waals surface area contributed by atoms with Crippen molar-refractivity contribution in [2.75, 3.05) is 0 Å². The Bertz CT molecular complexity index is 2320. The third-order valence-electron chi connectivity index (χ3n) is 9.40. The Labute approximate surface area is 281 Å². The fourth-order valence-corrected chi connectivity index (χ4v) is 12.0. The maximum Gasteiger partial charge on any atom is 0.188 e. The normalized spacial score (nSPS) is 11.3. The molecule has 0 saturated carbocycles. The molecule has 3 nitrogen and oxygen atoms in total. The van der Waals surface area contributed by atoms with Crippen LogP contribution < -0.4 is 20.7 Å². The molecule has 8 rings (SSSR count). The summed E-state index contributed by atoms with van der Waals surface area (Å²) in [6.07, 6.45) is 0. The van der Waals surface area contributed by atoms with E-state index < -0.39 is 8.07 Å². The number of fused-ring (bicyclic) bond motifs is 3. The van der Waals surface area contributed by atoms with Gasteiger partial charge in [0.1, 0.15) is 0 Å². The Morgan fingerprint density at radius 2 is 0.958 bits per heavy atom. The summed E-state index contributed by atoms with van der Waals surface area (Å²) in [5.74, 6) is 0. The van der Waals surface area contributed by atoms with E-state index in [1.807, 2.05) is 36.4 Å². The first-order valence-corrected chi connectivity index (χ1v) is 17.9. The van der Waals surface area contributed by atoms with Crippen molar-refractivity contribution in [3.63, 3.8) is 0 Å². The molecule has 0 aliphatic carbocycles. The first-order valence-electron chi connectivity index (χ1n) is 15.9. The second-order valence-electron chi connectivity index (χ2n) is 12.0. The molecule has 0 aliphatic rings. The highest BCUT2D eigenvalue weighted by Gasteiger charge is 2.41. The molecule has 0 unspecified atom stereocenters. The first kappa shape index (κ1) is 29.0. The van der Waals surface area contributed by atoms with E-state index in [9.17, 15) is 5.26 Å². The maximum absolute atomic E-state index is 9.56. The average molecular weight is 628 g/mol. The highest BCUT2D eigenvalue weighted by molar-refractivity contribution is 7.19. The fourth-order valence-electron chi connectivity index (χ4n) is 7.21. The van der Waals surface area contributed by atoms with E-state index >= 15 is 0 Å². The second-order valence-corrected chi connectivity index (χ2v) is 15.8. The summed E-state index contributed by atoms with van der Waals surface area (Å²) in [4.78, 5) is 3.65. The molecule has 0 aliphatic heterocycles.